The molecule has 1 amide bonds. The second-order valence-electron chi connectivity index (χ2n) is 11.5. The van der Waals surface area contributed by atoms with E-state index in [0.29, 0.717) is 45.0 Å². The number of fused-ring (bicyclic) bond motifs is 1. The number of nitrogens with one attached hydrogen (secondary N) is 1. The molecule has 0 fully saturated rings. The molecule has 4 rings (SSSR count). The average Bonchev–Trinajstić information content (AvgIpc) is 2.86. The number of aromatic nitrogens is 1. The van der Waals surface area contributed by atoms with Crippen molar-refractivity contribution >= 4 is 16.8 Å². The molecule has 222 valence electrons. The summed E-state index contributed by atoms with van der Waals surface area (Å²) in [6.45, 7) is 9.93. The normalized spacial score (nSPS) is 12.5. The maximum atomic E-state index is 14.0. The average molecular weight is 585 g/mol. The minimum Gasteiger partial charge on any atom is -0.455 e. The van der Waals surface area contributed by atoms with Crippen molar-refractivity contribution in [3.8, 4) is 17.2 Å². The topological polar surface area (TPSA) is 80.6 Å². The molecule has 0 aliphatic carbocycles. The number of aryl methyl sites for hydroxylation is 3. The van der Waals surface area contributed by atoms with E-state index in [4.69, 9.17) is 4.74 Å². The first-order valence-electron chi connectivity index (χ1n) is 13.2. The molecule has 42 heavy (non-hydrogen) atoms. The lowest BCUT2D eigenvalue weighted by atomic mass is 9.97. The fraction of sp³-hybridized carbons (Fsp3) is 0.312. The van der Waals surface area contributed by atoms with Gasteiger partial charge in [-0.15, -0.1) is 0 Å². The molecule has 1 aromatic heterocycles. The molecular weight excluding hydrogens is 552 g/mol. The number of pyridine rings is 1. The summed E-state index contributed by atoms with van der Waals surface area (Å²) in [4.78, 5) is 26.0. The molecule has 2 N–H and O–H groups in total. The number of hydrogen-bond donors (Lipinski definition) is 2. The van der Waals surface area contributed by atoms with Crippen LogP contribution < -0.4 is 15.5 Å². The Morgan fingerprint density at radius 3 is 2.10 bits per heavy atom. The molecule has 10 heteroatoms. The van der Waals surface area contributed by atoms with Gasteiger partial charge >= 0.3 is 6.18 Å². The first kappa shape index (κ1) is 30.8. The van der Waals surface area contributed by atoms with Crippen LogP contribution in [0.15, 0.2) is 59.5 Å². The molecule has 0 saturated carbocycles. The zero-order valence-electron chi connectivity index (χ0n) is 24.3. The SMILES string of the molecule is Cc1cc(F)cc(C)c1Oc1ccc(C(C)(C)O)cc1-n1cc(C)c(=O)c2cc(C(=O)NC(C)(C)C(F)(F)F)ccc21. The molecular formula is C32H32F4N2O4. The van der Waals surface area contributed by atoms with Crippen molar-refractivity contribution in [2.24, 2.45) is 0 Å². The van der Waals surface area contributed by atoms with Crippen molar-refractivity contribution in [2.75, 3.05) is 0 Å². The van der Waals surface area contributed by atoms with Crippen LogP contribution in [0.5, 0.6) is 11.5 Å². The highest BCUT2D eigenvalue weighted by molar-refractivity contribution is 5.98. The largest absolute Gasteiger partial charge is 0.455 e. The van der Waals surface area contributed by atoms with Crippen LogP contribution in [0.25, 0.3) is 16.6 Å². The third kappa shape index (κ3) is 5.90. The summed E-state index contributed by atoms with van der Waals surface area (Å²) in [5.41, 5.74) is -1.53. The van der Waals surface area contributed by atoms with Gasteiger partial charge in [0.2, 0.25) is 0 Å². The number of aliphatic hydroxyl groups is 1. The number of amides is 1. The van der Waals surface area contributed by atoms with E-state index < -0.39 is 34.5 Å². The van der Waals surface area contributed by atoms with Crippen molar-refractivity contribution in [1.29, 1.82) is 0 Å². The van der Waals surface area contributed by atoms with Crippen LogP contribution in [0.2, 0.25) is 0 Å². The highest BCUT2D eigenvalue weighted by Crippen LogP contribution is 2.37. The van der Waals surface area contributed by atoms with Crippen molar-refractivity contribution in [3.05, 3.63) is 98.6 Å². The van der Waals surface area contributed by atoms with E-state index in [2.05, 4.69) is 0 Å². The summed E-state index contributed by atoms with van der Waals surface area (Å²) in [7, 11) is 0. The summed E-state index contributed by atoms with van der Waals surface area (Å²) in [5.74, 6) is -0.627. The molecule has 0 saturated heterocycles. The lowest BCUT2D eigenvalue weighted by molar-refractivity contribution is -0.182. The fourth-order valence-corrected chi connectivity index (χ4v) is 4.57. The molecule has 0 bridgehead atoms. The molecule has 6 nitrogen and oxygen atoms in total. The maximum absolute atomic E-state index is 14.0. The molecule has 0 aliphatic heterocycles. The van der Waals surface area contributed by atoms with Gasteiger partial charge in [-0.05, 0) is 108 Å². The standard InChI is InChI=1S/C32H32F4N2O4/c1-17-12-22(33)13-18(2)28(17)42-26-11-9-21(30(4,5)41)15-25(26)38-16-19(3)27(39)23-14-20(8-10-24(23)38)29(40)37-31(6,7)32(34,35)36/h8-16,41H,1-7H3,(H,37,40). The number of carbonyl (C=O) groups excluding carboxylic acids is 1. The van der Waals surface area contributed by atoms with Gasteiger partial charge in [0, 0.05) is 22.7 Å². The first-order chi connectivity index (χ1) is 19.3. The van der Waals surface area contributed by atoms with E-state index in [-0.39, 0.29) is 10.9 Å². The maximum Gasteiger partial charge on any atom is 0.410 e. The van der Waals surface area contributed by atoms with Crippen LogP contribution in [0, 0.1) is 26.6 Å². The van der Waals surface area contributed by atoms with Crippen molar-refractivity contribution in [2.45, 2.75) is 65.8 Å². The first-order valence-corrected chi connectivity index (χ1v) is 13.2. The summed E-state index contributed by atoms with van der Waals surface area (Å²) in [6, 6.07) is 11.8. The second-order valence-corrected chi connectivity index (χ2v) is 11.5. The number of halogens is 4. The molecule has 0 spiro atoms. The van der Waals surface area contributed by atoms with Crippen LogP contribution in [-0.4, -0.2) is 27.3 Å². The van der Waals surface area contributed by atoms with Crippen LogP contribution in [-0.2, 0) is 5.60 Å². The summed E-state index contributed by atoms with van der Waals surface area (Å²) >= 11 is 0. The lowest BCUT2D eigenvalue weighted by Crippen LogP contribution is -2.54. The lowest BCUT2D eigenvalue weighted by Gasteiger charge is -2.29. The molecule has 0 atom stereocenters. The summed E-state index contributed by atoms with van der Waals surface area (Å²) in [6.07, 6.45) is -3.11. The fourth-order valence-electron chi connectivity index (χ4n) is 4.57. The number of ether oxygens (including phenoxy) is 1. The van der Waals surface area contributed by atoms with E-state index in [1.807, 2.05) is 5.32 Å². The van der Waals surface area contributed by atoms with Gasteiger partial charge in [0.25, 0.3) is 5.91 Å². The number of benzene rings is 3. The van der Waals surface area contributed by atoms with Crippen LogP contribution in [0.3, 0.4) is 0 Å². The van der Waals surface area contributed by atoms with E-state index in [9.17, 15) is 32.3 Å². The monoisotopic (exact) mass is 584 g/mol. The van der Waals surface area contributed by atoms with Gasteiger partial charge in [0.15, 0.2) is 11.2 Å². The summed E-state index contributed by atoms with van der Waals surface area (Å²) in [5, 5.41) is 12.8. The molecule has 0 unspecified atom stereocenters. The Labute approximate surface area is 240 Å². The Hall–Kier alpha value is -4.18. The number of nitrogens with zero attached hydrogens (tertiary/aromatic N) is 1. The third-order valence-electron chi connectivity index (χ3n) is 7.14. The second kappa shape index (κ2) is 10.6. The Bertz CT molecular complexity index is 1740. The zero-order valence-corrected chi connectivity index (χ0v) is 24.3. The van der Waals surface area contributed by atoms with E-state index >= 15 is 0 Å². The summed E-state index contributed by atoms with van der Waals surface area (Å²) < 4.78 is 62.1. The number of alkyl halides is 3. The molecule has 0 aliphatic rings. The third-order valence-corrected chi connectivity index (χ3v) is 7.14. The number of hydrogen-bond acceptors (Lipinski definition) is 4. The Balaban J connectivity index is 1.93. The van der Waals surface area contributed by atoms with E-state index in [0.717, 1.165) is 13.8 Å². The molecule has 4 aromatic rings. The molecule has 0 radical (unpaired) electrons. The van der Waals surface area contributed by atoms with Crippen LogP contribution >= 0.6 is 0 Å². The quantitative estimate of drug-likeness (QED) is 0.236. The van der Waals surface area contributed by atoms with Crippen LogP contribution in [0.1, 0.15) is 60.3 Å². The Morgan fingerprint density at radius 1 is 0.905 bits per heavy atom. The predicted octanol–water partition coefficient (Wildman–Crippen LogP) is 7.15. The van der Waals surface area contributed by atoms with E-state index in [1.165, 1.54) is 30.3 Å². The van der Waals surface area contributed by atoms with Gasteiger partial charge in [0.05, 0.1) is 16.8 Å². The molecule has 3 aromatic carbocycles. The highest BCUT2D eigenvalue weighted by atomic mass is 19.4. The minimum absolute atomic E-state index is 0.0984. The van der Waals surface area contributed by atoms with Crippen molar-refractivity contribution < 1.29 is 32.2 Å². The predicted molar refractivity (Wildman–Crippen MR) is 153 cm³/mol. The highest BCUT2D eigenvalue weighted by Gasteiger charge is 2.48. The zero-order chi connectivity index (χ0) is 31.4. The van der Waals surface area contributed by atoms with Gasteiger partial charge in [-0.2, -0.15) is 13.2 Å². The Kier molecular flexibility index (Phi) is 7.75. The van der Waals surface area contributed by atoms with Crippen LogP contribution in [0.4, 0.5) is 17.6 Å². The van der Waals surface area contributed by atoms with Gasteiger partial charge in [0.1, 0.15) is 17.1 Å². The Morgan fingerprint density at radius 2 is 1.52 bits per heavy atom. The van der Waals surface area contributed by atoms with Crippen molar-refractivity contribution in [1.82, 2.24) is 9.88 Å². The van der Waals surface area contributed by atoms with Crippen molar-refractivity contribution in [3.63, 3.8) is 0 Å². The van der Waals surface area contributed by atoms with Gasteiger partial charge in [-0.3, -0.25) is 9.59 Å². The smallest absolute Gasteiger partial charge is 0.410 e. The van der Waals surface area contributed by atoms with Gasteiger partial charge < -0.3 is 19.7 Å². The minimum atomic E-state index is -4.69. The van der Waals surface area contributed by atoms with E-state index in [1.54, 1.807) is 63.6 Å². The number of carbonyl (C=O) groups is 1. The number of rotatable bonds is 6. The van der Waals surface area contributed by atoms with Gasteiger partial charge in [-0.25, -0.2) is 4.39 Å². The van der Waals surface area contributed by atoms with Gasteiger partial charge in [-0.1, -0.05) is 6.07 Å². The molecule has 1 heterocycles.